The van der Waals surface area contributed by atoms with E-state index in [2.05, 4.69) is 11.9 Å². The predicted molar refractivity (Wildman–Crippen MR) is 76.1 cm³/mol. The fourth-order valence-corrected chi connectivity index (χ4v) is 1.48. The van der Waals surface area contributed by atoms with Crippen molar-refractivity contribution in [3.05, 3.63) is 53.6 Å². The Kier molecular flexibility index (Phi) is 5.54. The molecule has 1 aromatic rings. The SMILES string of the molecule is C=C(C)C(=O)NCC/C(=C\c1ccccc1)C(N)=O. The Labute approximate surface area is 113 Å². The van der Waals surface area contributed by atoms with E-state index in [0.29, 0.717) is 24.1 Å². The lowest BCUT2D eigenvalue weighted by atomic mass is 10.1. The zero-order chi connectivity index (χ0) is 14.3. The average molecular weight is 258 g/mol. The van der Waals surface area contributed by atoms with Crippen molar-refractivity contribution in [3.8, 4) is 0 Å². The van der Waals surface area contributed by atoms with E-state index in [1.54, 1.807) is 13.0 Å². The minimum atomic E-state index is -0.478. The molecule has 4 heteroatoms. The van der Waals surface area contributed by atoms with Gasteiger partial charge in [-0.25, -0.2) is 0 Å². The first-order valence-electron chi connectivity index (χ1n) is 6.00. The number of hydrogen-bond acceptors (Lipinski definition) is 2. The van der Waals surface area contributed by atoms with Gasteiger partial charge in [-0.2, -0.15) is 0 Å². The first-order valence-corrected chi connectivity index (χ1v) is 6.00. The van der Waals surface area contributed by atoms with Crippen molar-refractivity contribution in [3.63, 3.8) is 0 Å². The summed E-state index contributed by atoms with van der Waals surface area (Å²) in [6.07, 6.45) is 2.12. The molecule has 100 valence electrons. The number of carbonyl (C=O) groups excluding carboxylic acids is 2. The van der Waals surface area contributed by atoms with Gasteiger partial charge in [0.25, 0.3) is 0 Å². The van der Waals surface area contributed by atoms with Crippen LogP contribution in [0.1, 0.15) is 18.9 Å². The fourth-order valence-electron chi connectivity index (χ4n) is 1.48. The Morgan fingerprint density at radius 2 is 1.95 bits per heavy atom. The average Bonchev–Trinajstić information content (AvgIpc) is 2.38. The number of benzene rings is 1. The second kappa shape index (κ2) is 7.16. The fraction of sp³-hybridized carbons (Fsp3) is 0.200. The normalized spacial score (nSPS) is 10.9. The van der Waals surface area contributed by atoms with Gasteiger partial charge in [0.2, 0.25) is 11.8 Å². The third-order valence-corrected chi connectivity index (χ3v) is 2.52. The third-order valence-electron chi connectivity index (χ3n) is 2.52. The number of rotatable bonds is 6. The van der Waals surface area contributed by atoms with Gasteiger partial charge in [-0.15, -0.1) is 0 Å². The molecule has 3 N–H and O–H groups in total. The molecule has 0 spiro atoms. The van der Waals surface area contributed by atoms with Gasteiger partial charge in [0.15, 0.2) is 0 Å². The van der Waals surface area contributed by atoms with Crippen LogP contribution in [-0.4, -0.2) is 18.4 Å². The first kappa shape index (κ1) is 14.7. The molecule has 0 atom stereocenters. The highest BCUT2D eigenvalue weighted by molar-refractivity contribution is 5.97. The minimum absolute atomic E-state index is 0.219. The van der Waals surface area contributed by atoms with Crippen molar-refractivity contribution >= 4 is 17.9 Å². The lowest BCUT2D eigenvalue weighted by Gasteiger charge is -2.06. The molecule has 0 aliphatic rings. The second-order valence-corrected chi connectivity index (χ2v) is 4.23. The summed E-state index contributed by atoms with van der Waals surface area (Å²) in [6, 6.07) is 9.43. The van der Waals surface area contributed by atoms with Gasteiger partial charge in [0.05, 0.1) is 0 Å². The standard InChI is InChI=1S/C15H18N2O2/c1-11(2)15(19)17-9-8-13(14(16)18)10-12-6-4-3-5-7-12/h3-7,10H,1,8-9H2,2H3,(H2,16,18)(H,17,19)/b13-10+. The number of amides is 2. The maximum atomic E-state index is 11.3. The quantitative estimate of drug-likeness (QED) is 0.761. The highest BCUT2D eigenvalue weighted by Crippen LogP contribution is 2.09. The molecule has 0 unspecified atom stereocenters. The molecule has 0 bridgehead atoms. The van der Waals surface area contributed by atoms with E-state index in [9.17, 15) is 9.59 Å². The largest absolute Gasteiger partial charge is 0.366 e. The van der Waals surface area contributed by atoms with Crippen molar-refractivity contribution < 1.29 is 9.59 Å². The summed E-state index contributed by atoms with van der Waals surface area (Å²) in [4.78, 5) is 22.6. The van der Waals surface area contributed by atoms with E-state index < -0.39 is 5.91 Å². The Balaban J connectivity index is 2.65. The van der Waals surface area contributed by atoms with Crippen LogP contribution in [0.4, 0.5) is 0 Å². The third kappa shape index (κ3) is 5.21. The Hall–Kier alpha value is -2.36. The molecule has 1 aromatic carbocycles. The molecule has 0 fully saturated rings. The first-order chi connectivity index (χ1) is 9.00. The summed E-state index contributed by atoms with van der Waals surface area (Å²) in [6.45, 7) is 5.52. The molecule has 1 rings (SSSR count). The Morgan fingerprint density at radius 3 is 2.47 bits per heavy atom. The maximum Gasteiger partial charge on any atom is 0.246 e. The molecule has 19 heavy (non-hydrogen) atoms. The molecule has 0 aliphatic heterocycles. The van der Waals surface area contributed by atoms with Gasteiger partial charge in [0.1, 0.15) is 0 Å². The topological polar surface area (TPSA) is 72.2 Å². The Morgan fingerprint density at radius 1 is 1.32 bits per heavy atom. The van der Waals surface area contributed by atoms with Crippen LogP contribution in [0, 0.1) is 0 Å². The molecule has 0 aliphatic carbocycles. The molecule has 0 saturated heterocycles. The molecule has 0 radical (unpaired) electrons. The number of nitrogens with two attached hydrogens (primary N) is 1. The highest BCUT2D eigenvalue weighted by Gasteiger charge is 2.06. The van der Waals surface area contributed by atoms with Gasteiger partial charge in [-0.3, -0.25) is 9.59 Å². The molecular formula is C15H18N2O2. The number of hydrogen-bond donors (Lipinski definition) is 2. The van der Waals surface area contributed by atoms with Crippen LogP contribution in [0.2, 0.25) is 0 Å². The zero-order valence-electron chi connectivity index (χ0n) is 11.0. The maximum absolute atomic E-state index is 11.3. The number of carbonyl (C=O) groups is 2. The van der Waals surface area contributed by atoms with Crippen molar-refractivity contribution in [2.24, 2.45) is 5.73 Å². The van der Waals surface area contributed by atoms with E-state index in [1.165, 1.54) is 0 Å². The van der Waals surface area contributed by atoms with E-state index >= 15 is 0 Å². The van der Waals surface area contributed by atoms with E-state index in [-0.39, 0.29) is 5.91 Å². The van der Waals surface area contributed by atoms with E-state index in [0.717, 1.165) is 5.56 Å². The number of nitrogens with one attached hydrogen (secondary N) is 1. The molecule has 0 saturated carbocycles. The number of primary amides is 1. The second-order valence-electron chi connectivity index (χ2n) is 4.23. The molecular weight excluding hydrogens is 240 g/mol. The summed E-state index contributed by atoms with van der Waals surface area (Å²) < 4.78 is 0. The summed E-state index contributed by atoms with van der Waals surface area (Å²) in [7, 11) is 0. The van der Waals surface area contributed by atoms with Gasteiger partial charge in [0, 0.05) is 17.7 Å². The van der Waals surface area contributed by atoms with E-state index in [1.807, 2.05) is 30.3 Å². The molecule has 0 heterocycles. The van der Waals surface area contributed by atoms with Gasteiger partial charge in [-0.1, -0.05) is 36.9 Å². The van der Waals surface area contributed by atoms with Crippen LogP contribution in [0.15, 0.2) is 48.1 Å². The summed E-state index contributed by atoms with van der Waals surface area (Å²) in [5.41, 5.74) is 7.15. The van der Waals surface area contributed by atoms with Crippen LogP contribution in [-0.2, 0) is 9.59 Å². The minimum Gasteiger partial charge on any atom is -0.366 e. The summed E-state index contributed by atoms with van der Waals surface area (Å²) in [5, 5.41) is 2.67. The predicted octanol–water partition coefficient (Wildman–Crippen LogP) is 1.64. The Bertz CT molecular complexity index is 504. The molecule has 0 aromatic heterocycles. The van der Waals surface area contributed by atoms with Crippen LogP contribution in [0.3, 0.4) is 0 Å². The van der Waals surface area contributed by atoms with Crippen LogP contribution < -0.4 is 11.1 Å². The molecule has 2 amide bonds. The van der Waals surface area contributed by atoms with Crippen molar-refractivity contribution in [2.75, 3.05) is 6.54 Å². The smallest absolute Gasteiger partial charge is 0.246 e. The van der Waals surface area contributed by atoms with Crippen molar-refractivity contribution in [1.82, 2.24) is 5.32 Å². The summed E-state index contributed by atoms with van der Waals surface area (Å²) in [5.74, 6) is -0.697. The van der Waals surface area contributed by atoms with E-state index in [4.69, 9.17) is 5.73 Å². The lowest BCUT2D eigenvalue weighted by molar-refractivity contribution is -0.118. The zero-order valence-corrected chi connectivity index (χ0v) is 11.0. The van der Waals surface area contributed by atoms with Crippen LogP contribution in [0.25, 0.3) is 6.08 Å². The monoisotopic (exact) mass is 258 g/mol. The van der Waals surface area contributed by atoms with Gasteiger partial charge >= 0.3 is 0 Å². The summed E-state index contributed by atoms with van der Waals surface area (Å²) >= 11 is 0. The van der Waals surface area contributed by atoms with Crippen molar-refractivity contribution in [2.45, 2.75) is 13.3 Å². The van der Waals surface area contributed by atoms with Crippen LogP contribution in [0.5, 0.6) is 0 Å². The highest BCUT2D eigenvalue weighted by atomic mass is 16.2. The van der Waals surface area contributed by atoms with Gasteiger partial charge < -0.3 is 11.1 Å². The van der Waals surface area contributed by atoms with Crippen LogP contribution >= 0.6 is 0 Å². The molecule has 4 nitrogen and oxygen atoms in total. The lowest BCUT2D eigenvalue weighted by Crippen LogP contribution is -2.26. The van der Waals surface area contributed by atoms with Gasteiger partial charge in [-0.05, 0) is 25.0 Å². The van der Waals surface area contributed by atoms with Crippen molar-refractivity contribution in [1.29, 1.82) is 0 Å².